The number of thioether (sulfide) groups is 1. The second-order valence-electron chi connectivity index (χ2n) is 9.28. The third-order valence-corrected chi connectivity index (χ3v) is 4.78. The molecule has 0 radical (unpaired) electrons. The van der Waals surface area contributed by atoms with Crippen LogP contribution in [0.15, 0.2) is 11.6 Å². The third-order valence-electron chi connectivity index (χ3n) is 3.59. The predicted octanol–water partition coefficient (Wildman–Crippen LogP) is 4.52. The van der Waals surface area contributed by atoms with Gasteiger partial charge < -0.3 is 23.8 Å². The summed E-state index contributed by atoms with van der Waals surface area (Å²) in [7, 11) is 0. The fraction of sp³-hybridized carbons (Fsp3) is 0.762. The summed E-state index contributed by atoms with van der Waals surface area (Å²) in [5, 5.41) is -0.108. The van der Waals surface area contributed by atoms with E-state index in [1.54, 1.807) is 60.3 Å². The molecular weight excluding hydrogens is 410 g/mol. The highest BCUT2D eigenvalue weighted by Gasteiger charge is 2.31. The first-order valence-electron chi connectivity index (χ1n) is 10.0. The van der Waals surface area contributed by atoms with Gasteiger partial charge in [-0.05, 0) is 67.4 Å². The molecule has 1 saturated heterocycles. The van der Waals surface area contributed by atoms with Crippen molar-refractivity contribution in [3.63, 3.8) is 0 Å². The Bertz CT molecular complexity index is 647. The van der Waals surface area contributed by atoms with Crippen molar-refractivity contribution in [2.75, 3.05) is 19.0 Å². The molecule has 1 fully saturated rings. The van der Waals surface area contributed by atoms with Crippen LogP contribution in [0.1, 0.15) is 61.8 Å². The first-order chi connectivity index (χ1) is 13.7. The van der Waals surface area contributed by atoms with Gasteiger partial charge in [0.05, 0.1) is 6.10 Å². The largest absolute Gasteiger partial charge is 0.509 e. The van der Waals surface area contributed by atoms with Gasteiger partial charge in [-0.3, -0.25) is 0 Å². The van der Waals surface area contributed by atoms with Crippen molar-refractivity contribution >= 4 is 30.0 Å². The molecule has 0 bridgehead atoms. The molecule has 8 nitrogen and oxygen atoms in total. The number of carbonyl (C=O) groups excluding carboxylic acids is 3. The van der Waals surface area contributed by atoms with Crippen LogP contribution in [-0.2, 0) is 23.7 Å². The first-order valence-corrected chi connectivity index (χ1v) is 11.1. The summed E-state index contributed by atoms with van der Waals surface area (Å²) in [6.07, 6.45) is 0.578. The first kappa shape index (κ1) is 26.1. The number of hydrogen-bond donors (Lipinski definition) is 0. The van der Waals surface area contributed by atoms with Crippen LogP contribution in [-0.4, -0.2) is 64.7 Å². The Hall–Kier alpha value is -1.90. The Balaban J connectivity index is 2.84. The summed E-state index contributed by atoms with van der Waals surface area (Å²) >= 11 is 1.37. The fourth-order valence-electron chi connectivity index (χ4n) is 2.54. The standard InChI is InChI=1S/C21H35NO7S/c1-14(2)27-19(25)26-13-30-16-9-10-22(18(24)29-21(6,7)8)12-15(16)11-17(23)28-20(3,4)5/h11,14,16H,9-10,12-13H2,1-8H3/b15-11+. The lowest BCUT2D eigenvalue weighted by Crippen LogP contribution is -2.44. The number of rotatable bonds is 5. The zero-order valence-electron chi connectivity index (χ0n) is 19.3. The summed E-state index contributed by atoms with van der Waals surface area (Å²) in [6, 6.07) is 0. The van der Waals surface area contributed by atoms with E-state index in [0.717, 1.165) is 0 Å². The van der Waals surface area contributed by atoms with Crippen LogP contribution in [0.3, 0.4) is 0 Å². The SMILES string of the molecule is CC(C)OC(=O)OCSC1CCN(C(=O)OC(C)(C)C)C/C1=C\C(=O)OC(C)(C)C. The van der Waals surface area contributed by atoms with Crippen LogP contribution in [0, 0.1) is 0 Å². The highest BCUT2D eigenvalue weighted by Crippen LogP contribution is 2.29. The molecule has 1 aliphatic rings. The van der Waals surface area contributed by atoms with Gasteiger partial charge in [-0.1, -0.05) is 0 Å². The van der Waals surface area contributed by atoms with Gasteiger partial charge >= 0.3 is 18.2 Å². The van der Waals surface area contributed by atoms with E-state index in [4.69, 9.17) is 18.9 Å². The maximum Gasteiger partial charge on any atom is 0.509 e. The minimum atomic E-state index is -0.735. The molecule has 1 heterocycles. The normalized spacial score (nSPS) is 18.9. The van der Waals surface area contributed by atoms with Crippen molar-refractivity contribution < 1.29 is 33.3 Å². The molecule has 0 aliphatic carbocycles. The summed E-state index contributed by atoms with van der Waals surface area (Å²) in [6.45, 7) is 15.0. The van der Waals surface area contributed by atoms with Crippen molar-refractivity contribution in [2.24, 2.45) is 0 Å². The number of ether oxygens (including phenoxy) is 4. The van der Waals surface area contributed by atoms with Crippen molar-refractivity contribution in [3.8, 4) is 0 Å². The Kier molecular flexibility index (Phi) is 9.52. The van der Waals surface area contributed by atoms with E-state index in [-0.39, 0.29) is 23.8 Å². The van der Waals surface area contributed by atoms with E-state index in [2.05, 4.69) is 0 Å². The zero-order valence-corrected chi connectivity index (χ0v) is 20.1. The van der Waals surface area contributed by atoms with E-state index in [0.29, 0.717) is 18.5 Å². The molecule has 9 heteroatoms. The summed E-state index contributed by atoms with van der Waals surface area (Å²) in [5.74, 6) is -0.400. The van der Waals surface area contributed by atoms with Gasteiger partial charge in [-0.15, -0.1) is 11.8 Å². The van der Waals surface area contributed by atoms with Crippen LogP contribution >= 0.6 is 11.8 Å². The number of carbonyl (C=O) groups is 3. The zero-order chi connectivity index (χ0) is 23.1. The van der Waals surface area contributed by atoms with Crippen LogP contribution in [0.2, 0.25) is 0 Å². The van der Waals surface area contributed by atoms with Gasteiger partial charge in [0.15, 0.2) is 0 Å². The minimum absolute atomic E-state index is 0.0777. The molecule has 0 aromatic heterocycles. The quantitative estimate of drug-likeness (QED) is 0.264. The maximum atomic E-state index is 12.5. The Labute approximate surface area is 183 Å². The topological polar surface area (TPSA) is 91.4 Å². The van der Waals surface area contributed by atoms with Gasteiger partial charge in [0.2, 0.25) is 0 Å². The average molecular weight is 446 g/mol. The van der Waals surface area contributed by atoms with E-state index >= 15 is 0 Å². The average Bonchev–Trinajstić information content (AvgIpc) is 2.51. The number of esters is 1. The number of piperidine rings is 1. The molecular formula is C21H35NO7S. The highest BCUT2D eigenvalue weighted by atomic mass is 32.2. The molecule has 0 aromatic carbocycles. The smallest absolute Gasteiger partial charge is 0.457 e. The van der Waals surface area contributed by atoms with E-state index < -0.39 is 29.4 Å². The fourth-order valence-corrected chi connectivity index (χ4v) is 3.50. The lowest BCUT2D eigenvalue weighted by Gasteiger charge is -2.35. The molecule has 1 aliphatic heterocycles. The molecule has 30 heavy (non-hydrogen) atoms. The number of likely N-dealkylation sites (tertiary alicyclic amines) is 1. The Morgan fingerprint density at radius 1 is 1.10 bits per heavy atom. The molecule has 0 aromatic rings. The summed E-state index contributed by atoms with van der Waals surface area (Å²) in [4.78, 5) is 37.9. The second kappa shape index (κ2) is 10.9. The molecule has 0 spiro atoms. The molecule has 1 rings (SSSR count). The van der Waals surface area contributed by atoms with Gasteiger partial charge in [-0.25, -0.2) is 14.4 Å². The molecule has 1 unspecified atom stereocenters. The number of amides is 1. The van der Waals surface area contributed by atoms with Crippen LogP contribution < -0.4 is 0 Å². The molecule has 0 N–H and O–H groups in total. The predicted molar refractivity (Wildman–Crippen MR) is 115 cm³/mol. The minimum Gasteiger partial charge on any atom is -0.457 e. The van der Waals surface area contributed by atoms with Crippen LogP contribution in [0.25, 0.3) is 0 Å². The van der Waals surface area contributed by atoms with Gasteiger partial charge in [0, 0.05) is 24.4 Å². The molecule has 1 amide bonds. The van der Waals surface area contributed by atoms with Gasteiger partial charge in [0.1, 0.15) is 17.1 Å². The molecule has 172 valence electrons. The van der Waals surface area contributed by atoms with Crippen LogP contribution in [0.4, 0.5) is 9.59 Å². The lowest BCUT2D eigenvalue weighted by atomic mass is 10.0. The maximum absolute atomic E-state index is 12.5. The van der Waals surface area contributed by atoms with Crippen molar-refractivity contribution in [1.82, 2.24) is 4.90 Å². The van der Waals surface area contributed by atoms with Crippen molar-refractivity contribution in [3.05, 3.63) is 11.6 Å². The van der Waals surface area contributed by atoms with Crippen molar-refractivity contribution in [1.29, 1.82) is 0 Å². The Morgan fingerprint density at radius 3 is 2.23 bits per heavy atom. The number of hydrogen-bond acceptors (Lipinski definition) is 8. The van der Waals surface area contributed by atoms with E-state index in [1.807, 2.05) is 0 Å². The van der Waals surface area contributed by atoms with E-state index in [9.17, 15) is 14.4 Å². The lowest BCUT2D eigenvalue weighted by molar-refractivity contribution is -0.148. The summed E-state index contributed by atoms with van der Waals surface area (Å²) < 4.78 is 20.9. The Morgan fingerprint density at radius 2 is 1.70 bits per heavy atom. The highest BCUT2D eigenvalue weighted by molar-refractivity contribution is 7.99. The van der Waals surface area contributed by atoms with Crippen molar-refractivity contribution in [2.45, 2.75) is 84.4 Å². The number of nitrogens with zero attached hydrogens (tertiary/aromatic N) is 1. The van der Waals surface area contributed by atoms with Gasteiger partial charge in [-0.2, -0.15) is 0 Å². The van der Waals surface area contributed by atoms with E-state index in [1.165, 1.54) is 17.8 Å². The van der Waals surface area contributed by atoms with Gasteiger partial charge in [0.25, 0.3) is 0 Å². The monoisotopic (exact) mass is 445 g/mol. The second-order valence-corrected chi connectivity index (χ2v) is 10.4. The molecule has 0 saturated carbocycles. The molecule has 1 atom stereocenters. The summed E-state index contributed by atoms with van der Waals surface area (Å²) in [5.41, 5.74) is -0.519. The third kappa shape index (κ3) is 10.8. The van der Waals surface area contributed by atoms with Crippen LogP contribution in [0.5, 0.6) is 0 Å².